The molecule has 1 aromatic rings. The van der Waals surface area contributed by atoms with E-state index in [4.69, 9.17) is 10.8 Å². The van der Waals surface area contributed by atoms with Gasteiger partial charge in [-0.25, -0.2) is 0 Å². The van der Waals surface area contributed by atoms with Crippen molar-refractivity contribution in [3.05, 3.63) is 35.9 Å². The van der Waals surface area contributed by atoms with Gasteiger partial charge in [0.2, 0.25) is 0 Å². The van der Waals surface area contributed by atoms with Crippen LogP contribution in [0.15, 0.2) is 30.3 Å². The summed E-state index contributed by atoms with van der Waals surface area (Å²) in [5.41, 5.74) is 6.15. The molecule has 0 fully saturated rings. The van der Waals surface area contributed by atoms with Gasteiger partial charge in [0.15, 0.2) is 0 Å². The van der Waals surface area contributed by atoms with E-state index in [-0.39, 0.29) is 12.2 Å². The lowest BCUT2D eigenvalue weighted by Crippen LogP contribution is -2.20. The Bertz CT molecular complexity index is 374. The van der Waals surface area contributed by atoms with E-state index in [0.717, 1.165) is 0 Å². The minimum Gasteiger partial charge on any atom is -0.507 e. The van der Waals surface area contributed by atoms with Gasteiger partial charge in [0.1, 0.15) is 5.75 Å². The average Bonchev–Trinajstić information content (AvgIpc) is 2.15. The lowest BCUT2D eigenvalue weighted by molar-refractivity contribution is -0.137. The Morgan fingerprint density at radius 2 is 2.13 bits per heavy atom. The molecule has 0 aliphatic heterocycles. The first-order chi connectivity index (χ1) is 7.09. The number of aromatic hydroxyl groups is 1. The quantitative estimate of drug-likeness (QED) is 0.692. The highest BCUT2D eigenvalue weighted by atomic mass is 16.4. The highest BCUT2D eigenvalue weighted by Gasteiger charge is 2.03. The Labute approximate surface area is 87.7 Å². The van der Waals surface area contributed by atoms with Crippen LogP contribution in [-0.2, 0) is 4.79 Å². The number of rotatable bonds is 4. The zero-order valence-corrected chi connectivity index (χ0v) is 8.13. The standard InChI is InChI=1S/C11H13NO3/c12-9(7-11(14)15)6-5-8-3-1-2-4-10(8)13/h1-6,9,13H,7,12H2,(H,14,15)/b6-5+. The normalized spacial score (nSPS) is 12.9. The van der Waals surface area contributed by atoms with Crippen LogP contribution in [0.5, 0.6) is 5.75 Å². The molecule has 80 valence electrons. The molecule has 0 heterocycles. The monoisotopic (exact) mass is 207 g/mol. The molecule has 0 aliphatic rings. The number of para-hydroxylation sites is 1. The molecule has 0 radical (unpaired) electrons. The lowest BCUT2D eigenvalue weighted by Gasteiger charge is -2.02. The number of hydrogen-bond acceptors (Lipinski definition) is 3. The Balaban J connectivity index is 2.65. The van der Waals surface area contributed by atoms with Gasteiger partial charge in [-0.2, -0.15) is 0 Å². The summed E-state index contributed by atoms with van der Waals surface area (Å²) in [6.45, 7) is 0. The number of phenols is 1. The van der Waals surface area contributed by atoms with E-state index in [1.807, 2.05) is 0 Å². The number of phenolic OH excluding ortho intramolecular Hbond substituents is 1. The molecule has 1 unspecified atom stereocenters. The summed E-state index contributed by atoms with van der Waals surface area (Å²) in [4.78, 5) is 10.3. The van der Waals surface area contributed by atoms with Gasteiger partial charge in [-0.3, -0.25) is 4.79 Å². The Morgan fingerprint density at radius 3 is 2.73 bits per heavy atom. The first-order valence-electron chi connectivity index (χ1n) is 4.53. The molecule has 0 saturated carbocycles. The molecule has 1 aromatic carbocycles. The highest BCUT2D eigenvalue weighted by Crippen LogP contribution is 2.17. The first kappa shape index (κ1) is 11.3. The van der Waals surface area contributed by atoms with E-state index < -0.39 is 12.0 Å². The van der Waals surface area contributed by atoms with Crippen molar-refractivity contribution in [3.8, 4) is 5.75 Å². The van der Waals surface area contributed by atoms with E-state index in [1.54, 1.807) is 36.4 Å². The third kappa shape index (κ3) is 3.83. The molecule has 4 heteroatoms. The average molecular weight is 207 g/mol. The summed E-state index contributed by atoms with van der Waals surface area (Å²) in [5.74, 6) is -0.791. The van der Waals surface area contributed by atoms with Gasteiger partial charge in [-0.1, -0.05) is 30.4 Å². The highest BCUT2D eigenvalue weighted by molar-refractivity contribution is 5.68. The van der Waals surface area contributed by atoms with Gasteiger partial charge in [0.05, 0.1) is 6.42 Å². The first-order valence-corrected chi connectivity index (χ1v) is 4.53. The molecule has 1 atom stereocenters. The number of carboxylic acids is 1. The predicted octanol–water partition coefficient (Wildman–Crippen LogP) is 1.21. The fourth-order valence-corrected chi connectivity index (χ4v) is 1.13. The van der Waals surface area contributed by atoms with Crippen LogP contribution in [0.3, 0.4) is 0 Å². The van der Waals surface area contributed by atoms with Crippen molar-refractivity contribution in [3.63, 3.8) is 0 Å². The maximum Gasteiger partial charge on any atom is 0.305 e. The van der Waals surface area contributed by atoms with Gasteiger partial charge in [-0.05, 0) is 6.07 Å². The van der Waals surface area contributed by atoms with Crippen molar-refractivity contribution in [1.29, 1.82) is 0 Å². The zero-order valence-electron chi connectivity index (χ0n) is 8.13. The second-order valence-electron chi connectivity index (χ2n) is 3.18. The maximum atomic E-state index is 10.3. The van der Waals surface area contributed by atoms with Crippen molar-refractivity contribution in [2.45, 2.75) is 12.5 Å². The smallest absolute Gasteiger partial charge is 0.305 e. The van der Waals surface area contributed by atoms with Crippen LogP contribution in [0, 0.1) is 0 Å². The van der Waals surface area contributed by atoms with Gasteiger partial charge < -0.3 is 15.9 Å². The van der Waals surface area contributed by atoms with Gasteiger partial charge in [-0.15, -0.1) is 0 Å². The van der Waals surface area contributed by atoms with Crippen LogP contribution < -0.4 is 5.73 Å². The molecule has 0 aliphatic carbocycles. The van der Waals surface area contributed by atoms with Crippen LogP contribution in [-0.4, -0.2) is 22.2 Å². The van der Waals surface area contributed by atoms with Crippen molar-refractivity contribution >= 4 is 12.0 Å². The second-order valence-corrected chi connectivity index (χ2v) is 3.18. The van der Waals surface area contributed by atoms with E-state index >= 15 is 0 Å². The number of benzene rings is 1. The molecule has 4 nitrogen and oxygen atoms in total. The third-order valence-corrected chi connectivity index (χ3v) is 1.87. The summed E-state index contributed by atoms with van der Waals surface area (Å²) in [6, 6.07) is 6.23. The molecule has 0 aromatic heterocycles. The molecule has 0 saturated heterocycles. The molecule has 4 N–H and O–H groups in total. The van der Waals surface area contributed by atoms with Crippen LogP contribution in [0.25, 0.3) is 6.08 Å². The predicted molar refractivity (Wildman–Crippen MR) is 57.4 cm³/mol. The molecule has 0 amide bonds. The molecule has 15 heavy (non-hydrogen) atoms. The van der Waals surface area contributed by atoms with Gasteiger partial charge >= 0.3 is 5.97 Å². The minimum absolute atomic E-state index is 0.121. The van der Waals surface area contributed by atoms with Crippen molar-refractivity contribution in [2.24, 2.45) is 5.73 Å². The third-order valence-electron chi connectivity index (χ3n) is 1.87. The molecule has 1 rings (SSSR count). The Morgan fingerprint density at radius 1 is 1.47 bits per heavy atom. The number of aliphatic carboxylic acids is 1. The number of carbonyl (C=O) groups is 1. The summed E-state index contributed by atoms with van der Waals surface area (Å²) in [5, 5.41) is 17.9. The number of nitrogens with two attached hydrogens (primary N) is 1. The largest absolute Gasteiger partial charge is 0.507 e. The topological polar surface area (TPSA) is 83.5 Å². The van der Waals surface area contributed by atoms with Crippen molar-refractivity contribution in [1.82, 2.24) is 0 Å². The summed E-state index contributed by atoms with van der Waals surface area (Å²) in [6.07, 6.45) is 3.05. The molecule has 0 spiro atoms. The lowest BCUT2D eigenvalue weighted by atomic mass is 10.1. The van der Waals surface area contributed by atoms with E-state index in [0.29, 0.717) is 5.56 Å². The number of hydrogen-bond donors (Lipinski definition) is 3. The van der Waals surface area contributed by atoms with Crippen LogP contribution in [0.1, 0.15) is 12.0 Å². The minimum atomic E-state index is -0.940. The Kier molecular flexibility index (Phi) is 3.88. The van der Waals surface area contributed by atoms with E-state index in [1.165, 1.54) is 0 Å². The van der Waals surface area contributed by atoms with E-state index in [2.05, 4.69) is 0 Å². The van der Waals surface area contributed by atoms with Gasteiger partial charge in [0.25, 0.3) is 0 Å². The van der Waals surface area contributed by atoms with Crippen molar-refractivity contribution < 1.29 is 15.0 Å². The zero-order chi connectivity index (χ0) is 11.3. The summed E-state index contributed by atoms with van der Waals surface area (Å²) >= 11 is 0. The fraction of sp³-hybridized carbons (Fsp3) is 0.182. The van der Waals surface area contributed by atoms with Crippen molar-refractivity contribution in [2.75, 3.05) is 0 Å². The molecule has 0 bridgehead atoms. The van der Waals surface area contributed by atoms with Crippen LogP contribution in [0.4, 0.5) is 0 Å². The number of carboxylic acid groups (broad SMARTS) is 1. The Hall–Kier alpha value is -1.81. The van der Waals surface area contributed by atoms with Crippen LogP contribution in [0.2, 0.25) is 0 Å². The molecular formula is C11H13NO3. The second kappa shape index (κ2) is 5.17. The van der Waals surface area contributed by atoms with Gasteiger partial charge in [0, 0.05) is 11.6 Å². The summed E-state index contributed by atoms with van der Waals surface area (Å²) < 4.78 is 0. The maximum absolute atomic E-state index is 10.3. The van der Waals surface area contributed by atoms with E-state index in [9.17, 15) is 9.90 Å². The molecular weight excluding hydrogens is 194 g/mol. The fourth-order valence-electron chi connectivity index (χ4n) is 1.13. The summed E-state index contributed by atoms with van der Waals surface area (Å²) in [7, 11) is 0. The SMILES string of the molecule is NC(/C=C/c1ccccc1O)CC(=O)O. The van der Waals surface area contributed by atoms with Crippen LogP contribution >= 0.6 is 0 Å².